The van der Waals surface area contributed by atoms with Crippen LogP contribution in [0.15, 0.2) is 51.4 Å². The van der Waals surface area contributed by atoms with Gasteiger partial charge in [-0.1, -0.05) is 15.9 Å². The Morgan fingerprint density at radius 2 is 1.93 bits per heavy atom. The molecule has 0 fully saturated rings. The zero-order valence-electron chi connectivity index (χ0n) is 8.13. The van der Waals surface area contributed by atoms with Crippen LogP contribution in [0.3, 0.4) is 0 Å². The lowest BCUT2D eigenvalue weighted by Gasteiger charge is -1.93. The number of azo groups is 1. The van der Waals surface area contributed by atoms with E-state index in [1.165, 1.54) is 0 Å². The Hall–Kier alpha value is -1.49. The highest BCUT2D eigenvalue weighted by Crippen LogP contribution is 2.19. The number of benzene rings is 1. The van der Waals surface area contributed by atoms with E-state index in [4.69, 9.17) is 0 Å². The molecule has 2 rings (SSSR count). The Balaban J connectivity index is 2.19. The van der Waals surface area contributed by atoms with E-state index >= 15 is 0 Å². The summed E-state index contributed by atoms with van der Waals surface area (Å²) in [7, 11) is 1.88. The van der Waals surface area contributed by atoms with Gasteiger partial charge in [0.25, 0.3) is 0 Å². The van der Waals surface area contributed by atoms with Gasteiger partial charge in [-0.25, -0.2) is 4.98 Å². The third-order valence-electron chi connectivity index (χ3n) is 1.88. The molecule has 0 unspecified atom stereocenters. The minimum Gasteiger partial charge on any atom is -0.317 e. The van der Waals surface area contributed by atoms with Gasteiger partial charge in [-0.2, -0.15) is 0 Å². The maximum atomic E-state index is 4.07. The van der Waals surface area contributed by atoms with Crippen LogP contribution in [0.1, 0.15) is 0 Å². The first kappa shape index (κ1) is 10.0. The summed E-state index contributed by atoms with van der Waals surface area (Å²) in [5.41, 5.74) is 0.807. The van der Waals surface area contributed by atoms with Crippen molar-refractivity contribution in [3.8, 4) is 0 Å². The van der Waals surface area contributed by atoms with Gasteiger partial charge in [-0.05, 0) is 24.3 Å². The fourth-order valence-electron chi connectivity index (χ4n) is 1.06. The quantitative estimate of drug-likeness (QED) is 0.765. The van der Waals surface area contributed by atoms with E-state index in [1.807, 2.05) is 42.1 Å². The van der Waals surface area contributed by atoms with E-state index in [9.17, 15) is 0 Å². The molecule has 15 heavy (non-hydrogen) atoms. The number of rotatable bonds is 2. The summed E-state index contributed by atoms with van der Waals surface area (Å²) in [6.45, 7) is 0. The molecule has 0 bridgehead atoms. The molecular weight excluding hydrogens is 256 g/mol. The van der Waals surface area contributed by atoms with Crippen LogP contribution in [-0.2, 0) is 7.05 Å². The van der Waals surface area contributed by atoms with Crippen molar-refractivity contribution in [2.75, 3.05) is 0 Å². The smallest absolute Gasteiger partial charge is 0.249 e. The maximum Gasteiger partial charge on any atom is 0.249 e. The summed E-state index contributed by atoms with van der Waals surface area (Å²) in [4.78, 5) is 4.04. The van der Waals surface area contributed by atoms with Gasteiger partial charge in [0.05, 0.1) is 5.69 Å². The van der Waals surface area contributed by atoms with Crippen molar-refractivity contribution in [3.05, 3.63) is 41.1 Å². The van der Waals surface area contributed by atoms with E-state index in [-0.39, 0.29) is 0 Å². The largest absolute Gasteiger partial charge is 0.317 e. The summed E-state index contributed by atoms with van der Waals surface area (Å²) in [5.74, 6) is 0.595. The molecule has 0 aliphatic carbocycles. The number of halogens is 1. The second-order valence-corrected chi connectivity index (χ2v) is 3.93. The molecular formula is C10H9BrN4. The molecule has 76 valence electrons. The van der Waals surface area contributed by atoms with Crippen molar-refractivity contribution in [2.24, 2.45) is 17.3 Å². The minimum absolute atomic E-state index is 0.595. The van der Waals surface area contributed by atoms with Gasteiger partial charge in [0.1, 0.15) is 0 Å². The molecule has 0 spiro atoms. The van der Waals surface area contributed by atoms with Crippen molar-refractivity contribution >= 4 is 27.6 Å². The van der Waals surface area contributed by atoms with Crippen LogP contribution >= 0.6 is 15.9 Å². The summed E-state index contributed by atoms with van der Waals surface area (Å²) in [6.07, 6.45) is 3.52. The Kier molecular flexibility index (Phi) is 2.91. The van der Waals surface area contributed by atoms with Crippen LogP contribution in [0.25, 0.3) is 0 Å². The first-order valence-electron chi connectivity index (χ1n) is 4.40. The van der Waals surface area contributed by atoms with Gasteiger partial charge in [-0.3, -0.25) is 0 Å². The molecule has 5 heteroatoms. The molecule has 2 aromatic rings. The van der Waals surface area contributed by atoms with Crippen molar-refractivity contribution < 1.29 is 0 Å². The Bertz CT molecular complexity index is 472. The van der Waals surface area contributed by atoms with Crippen molar-refractivity contribution in [1.82, 2.24) is 9.55 Å². The summed E-state index contributed by atoms with van der Waals surface area (Å²) in [5, 5.41) is 8.10. The highest BCUT2D eigenvalue weighted by atomic mass is 79.9. The highest BCUT2D eigenvalue weighted by molar-refractivity contribution is 9.10. The summed E-state index contributed by atoms with van der Waals surface area (Å²) in [6, 6.07) is 7.62. The zero-order chi connectivity index (χ0) is 10.7. The average Bonchev–Trinajstić information content (AvgIpc) is 2.63. The van der Waals surface area contributed by atoms with Crippen molar-refractivity contribution in [3.63, 3.8) is 0 Å². The molecule has 0 aliphatic rings. The van der Waals surface area contributed by atoms with Crippen LogP contribution in [0, 0.1) is 0 Å². The topological polar surface area (TPSA) is 42.5 Å². The van der Waals surface area contributed by atoms with Gasteiger partial charge in [0.15, 0.2) is 0 Å². The average molecular weight is 265 g/mol. The van der Waals surface area contributed by atoms with E-state index in [1.54, 1.807) is 6.20 Å². The third-order valence-corrected chi connectivity index (χ3v) is 2.41. The molecule has 0 N–H and O–H groups in total. The molecule has 1 aromatic heterocycles. The lowest BCUT2D eigenvalue weighted by molar-refractivity contribution is 0.893. The van der Waals surface area contributed by atoms with E-state index in [2.05, 4.69) is 31.1 Å². The molecule has 0 aliphatic heterocycles. The van der Waals surface area contributed by atoms with Crippen LogP contribution in [0.4, 0.5) is 11.6 Å². The molecule has 0 radical (unpaired) electrons. The number of hydrogen-bond acceptors (Lipinski definition) is 3. The fourth-order valence-corrected chi connectivity index (χ4v) is 1.33. The molecule has 0 saturated heterocycles. The summed E-state index contributed by atoms with van der Waals surface area (Å²) >= 11 is 3.36. The molecule has 1 heterocycles. The molecule has 0 saturated carbocycles. The zero-order valence-corrected chi connectivity index (χ0v) is 9.72. The van der Waals surface area contributed by atoms with Crippen LogP contribution in [0.2, 0.25) is 0 Å². The van der Waals surface area contributed by atoms with Crippen LogP contribution in [-0.4, -0.2) is 9.55 Å². The van der Waals surface area contributed by atoms with Crippen LogP contribution < -0.4 is 0 Å². The van der Waals surface area contributed by atoms with E-state index < -0.39 is 0 Å². The Labute approximate surface area is 95.8 Å². The number of imidazole rings is 1. The van der Waals surface area contributed by atoms with Gasteiger partial charge in [-0.15, -0.1) is 10.2 Å². The Morgan fingerprint density at radius 3 is 2.53 bits per heavy atom. The van der Waals surface area contributed by atoms with E-state index in [0.717, 1.165) is 10.2 Å². The normalized spacial score (nSPS) is 11.1. The first-order valence-corrected chi connectivity index (χ1v) is 5.19. The van der Waals surface area contributed by atoms with Gasteiger partial charge >= 0.3 is 0 Å². The number of aromatic nitrogens is 2. The van der Waals surface area contributed by atoms with Crippen molar-refractivity contribution in [2.45, 2.75) is 0 Å². The van der Waals surface area contributed by atoms with Crippen LogP contribution in [0.5, 0.6) is 0 Å². The monoisotopic (exact) mass is 264 g/mol. The fraction of sp³-hybridized carbons (Fsp3) is 0.100. The molecule has 0 atom stereocenters. The van der Waals surface area contributed by atoms with Gasteiger partial charge in [0.2, 0.25) is 5.95 Å². The maximum absolute atomic E-state index is 4.07. The predicted octanol–water partition coefficient (Wildman–Crippen LogP) is 3.60. The second-order valence-electron chi connectivity index (χ2n) is 3.01. The number of aryl methyl sites for hydroxylation is 1. The lowest BCUT2D eigenvalue weighted by atomic mass is 10.3. The Morgan fingerprint density at radius 1 is 1.20 bits per heavy atom. The van der Waals surface area contributed by atoms with Gasteiger partial charge < -0.3 is 4.57 Å². The molecule has 4 nitrogen and oxygen atoms in total. The predicted molar refractivity (Wildman–Crippen MR) is 61.5 cm³/mol. The standard InChI is InChI=1S/C10H9BrN4/c1-15-7-6-12-10(15)14-13-9-4-2-8(11)3-5-9/h2-7H,1H3. The lowest BCUT2D eigenvalue weighted by Crippen LogP contribution is -1.81. The number of hydrogen-bond donors (Lipinski definition) is 0. The van der Waals surface area contributed by atoms with Gasteiger partial charge in [0, 0.05) is 23.9 Å². The molecule has 1 aromatic carbocycles. The number of nitrogens with zero attached hydrogens (tertiary/aromatic N) is 4. The van der Waals surface area contributed by atoms with Crippen molar-refractivity contribution in [1.29, 1.82) is 0 Å². The summed E-state index contributed by atoms with van der Waals surface area (Å²) < 4.78 is 2.83. The van der Waals surface area contributed by atoms with E-state index in [0.29, 0.717) is 5.95 Å². The third kappa shape index (κ3) is 2.50. The molecule has 0 amide bonds. The first-order chi connectivity index (χ1) is 7.25. The second kappa shape index (κ2) is 4.35. The minimum atomic E-state index is 0.595. The SMILES string of the molecule is Cn1ccnc1N=Nc1ccc(Br)cc1. The highest BCUT2D eigenvalue weighted by Gasteiger charge is 1.95.